The average Bonchev–Trinajstić information content (AvgIpc) is 2.99. The van der Waals surface area contributed by atoms with Gasteiger partial charge in [0.15, 0.2) is 0 Å². The summed E-state index contributed by atoms with van der Waals surface area (Å²) in [5.41, 5.74) is 0. The Morgan fingerprint density at radius 3 is 0.756 bits per heavy atom. The normalized spacial score (nSPS) is 21.6. The quantitative estimate of drug-likeness (QED) is 0.164. The molecule has 1 aliphatic rings. The van der Waals surface area contributed by atoms with Crippen molar-refractivity contribution in [1.29, 1.82) is 0 Å². The summed E-state index contributed by atoms with van der Waals surface area (Å²) < 4.78 is 31.3. The Morgan fingerprint density at radius 2 is 0.489 bits per heavy atom. The van der Waals surface area contributed by atoms with Crippen molar-refractivity contribution < 1.29 is 52.4 Å². The molecule has 11 heteroatoms. The molecule has 258 valence electrons. The molecule has 0 unspecified atom stereocenters. The van der Waals surface area contributed by atoms with E-state index in [4.69, 9.17) is 28.4 Å². The first kappa shape index (κ1) is 39.9. The second-order valence-electron chi connectivity index (χ2n) is 11.4. The predicted molar refractivity (Wildman–Crippen MR) is 167 cm³/mol. The Morgan fingerprint density at radius 1 is 0.289 bits per heavy atom. The summed E-state index contributed by atoms with van der Waals surface area (Å²) in [7, 11) is 0. The van der Waals surface area contributed by atoms with Gasteiger partial charge in [-0.2, -0.15) is 0 Å². The van der Waals surface area contributed by atoms with Gasteiger partial charge in [-0.25, -0.2) is 0 Å². The summed E-state index contributed by atoms with van der Waals surface area (Å²) >= 11 is 0. The van der Waals surface area contributed by atoms with Gasteiger partial charge in [-0.1, -0.05) is 83.6 Å². The second-order valence-corrected chi connectivity index (χ2v) is 11.4. The molecule has 0 aromatic heterocycles. The molecule has 0 spiro atoms. The smallest absolute Gasteiger partial charge is 0.317 e. The minimum Gasteiger partial charge on any atom is -0.498 e. The molecule has 0 atom stereocenters. The molecule has 0 bridgehead atoms. The van der Waals surface area contributed by atoms with E-state index >= 15 is 0 Å². The zero-order valence-corrected chi connectivity index (χ0v) is 27.3. The van der Waals surface area contributed by atoms with Crippen LogP contribution in [0, 0.1) is 0 Å². The van der Waals surface area contributed by atoms with Crippen LogP contribution in [0.1, 0.15) is 135 Å². The van der Waals surface area contributed by atoms with Crippen LogP contribution in [-0.2, 0) is 52.4 Å². The second kappa shape index (κ2) is 28.4. The number of hydrogen-bond donors (Lipinski definition) is 0. The summed E-state index contributed by atoms with van der Waals surface area (Å²) in [6.45, 7) is 5.78. The van der Waals surface area contributed by atoms with Crippen LogP contribution < -0.4 is 0 Å². The van der Waals surface area contributed by atoms with Crippen LogP contribution >= 0.6 is 0 Å². The Labute approximate surface area is 269 Å². The van der Waals surface area contributed by atoms with Crippen molar-refractivity contribution >= 4 is 29.8 Å². The molecule has 0 amide bonds. The fraction of sp³-hybridized carbons (Fsp3) is 0.794. The predicted octanol–water partition coefficient (Wildman–Crippen LogP) is 6.44. The van der Waals surface area contributed by atoms with Gasteiger partial charge in [-0.15, -0.1) is 0 Å². The minimum absolute atomic E-state index is 0.0485. The first-order valence-corrected chi connectivity index (χ1v) is 17.0. The van der Waals surface area contributed by atoms with Crippen LogP contribution in [0.25, 0.3) is 0 Å². The Hall–Kier alpha value is -3.11. The zero-order valence-electron chi connectivity index (χ0n) is 27.3. The van der Waals surface area contributed by atoms with Crippen LogP contribution in [0.4, 0.5) is 0 Å². The third-order valence-electron chi connectivity index (χ3n) is 7.16. The van der Waals surface area contributed by atoms with Gasteiger partial charge in [-0.05, 0) is 38.5 Å². The van der Waals surface area contributed by atoms with E-state index in [0.29, 0.717) is 31.8 Å². The van der Waals surface area contributed by atoms with Gasteiger partial charge >= 0.3 is 29.8 Å². The van der Waals surface area contributed by atoms with Crippen LogP contribution in [0.3, 0.4) is 0 Å². The maximum atomic E-state index is 12.0. The van der Waals surface area contributed by atoms with Crippen molar-refractivity contribution in [2.45, 2.75) is 135 Å². The van der Waals surface area contributed by atoms with Crippen molar-refractivity contribution in [2.24, 2.45) is 0 Å². The van der Waals surface area contributed by atoms with Gasteiger partial charge < -0.3 is 28.4 Å². The van der Waals surface area contributed by atoms with E-state index in [1.54, 1.807) is 0 Å². The first-order valence-electron chi connectivity index (χ1n) is 17.0. The Kier molecular flexibility index (Phi) is 25.2. The van der Waals surface area contributed by atoms with E-state index < -0.39 is 23.9 Å². The van der Waals surface area contributed by atoms with Crippen LogP contribution in [-0.4, -0.2) is 69.5 Å². The molecule has 45 heavy (non-hydrogen) atoms. The lowest BCUT2D eigenvalue weighted by Crippen LogP contribution is -2.15. The van der Waals surface area contributed by atoms with Crippen molar-refractivity contribution in [2.75, 3.05) is 39.6 Å². The number of esters is 5. The highest BCUT2D eigenvalue weighted by atomic mass is 16.6. The average molecular weight is 641 g/mol. The molecule has 0 aliphatic carbocycles. The molecule has 1 aliphatic heterocycles. The molecular weight excluding hydrogens is 584 g/mol. The molecule has 1 heterocycles. The summed E-state index contributed by atoms with van der Waals surface area (Å²) in [4.78, 5) is 59.3. The van der Waals surface area contributed by atoms with Gasteiger partial charge in [0, 0.05) is 0 Å². The highest BCUT2D eigenvalue weighted by Crippen LogP contribution is 2.11. The number of rotatable bonds is 0. The van der Waals surface area contributed by atoms with Crippen molar-refractivity contribution in [3.8, 4) is 0 Å². The summed E-state index contributed by atoms with van der Waals surface area (Å²) in [6.07, 6.45) is 15.3. The number of ether oxygens (including phenoxy) is 6. The number of carbonyl (C=O) groups excluding carboxylic acids is 5. The topological polar surface area (TPSA) is 141 Å². The van der Waals surface area contributed by atoms with E-state index in [9.17, 15) is 24.0 Å². The zero-order chi connectivity index (χ0) is 32.8. The van der Waals surface area contributed by atoms with Crippen LogP contribution in [0.2, 0.25) is 0 Å². The number of carbonyl (C=O) groups is 5. The monoisotopic (exact) mass is 640 g/mol. The van der Waals surface area contributed by atoms with E-state index in [1.807, 2.05) is 0 Å². The molecule has 1 rings (SSSR count). The summed E-state index contributed by atoms with van der Waals surface area (Å²) in [6, 6.07) is 0. The lowest BCUT2D eigenvalue weighted by molar-refractivity contribution is -0.156. The van der Waals surface area contributed by atoms with Crippen molar-refractivity contribution in [3.05, 3.63) is 12.3 Å². The number of hydrogen-bond acceptors (Lipinski definition) is 11. The molecule has 0 N–H and O–H groups in total. The lowest BCUT2D eigenvalue weighted by Gasteiger charge is -2.09. The minimum atomic E-state index is -0.576. The largest absolute Gasteiger partial charge is 0.498 e. The number of cyclic esters (lactones) is 5. The Balaban J connectivity index is 2.29. The molecule has 0 radical (unpaired) electrons. The van der Waals surface area contributed by atoms with E-state index in [-0.39, 0.29) is 51.7 Å². The highest BCUT2D eigenvalue weighted by molar-refractivity contribution is 5.91. The molecule has 0 aromatic carbocycles. The van der Waals surface area contributed by atoms with Crippen molar-refractivity contribution in [3.63, 3.8) is 0 Å². The highest BCUT2D eigenvalue weighted by Gasteiger charge is 2.13. The molecule has 0 saturated carbocycles. The molecule has 1 fully saturated rings. The Bertz CT molecular complexity index is 680. The maximum absolute atomic E-state index is 12.0. The van der Waals surface area contributed by atoms with Gasteiger partial charge in [0.1, 0.15) is 19.3 Å². The molecule has 11 nitrogen and oxygen atoms in total. The molecule has 0 aromatic rings. The fourth-order valence-electron chi connectivity index (χ4n) is 4.58. The van der Waals surface area contributed by atoms with Crippen molar-refractivity contribution in [1.82, 2.24) is 0 Å². The van der Waals surface area contributed by atoms with E-state index in [2.05, 4.69) is 6.58 Å². The lowest BCUT2D eigenvalue weighted by atomic mass is 10.1. The maximum Gasteiger partial charge on any atom is 0.317 e. The third-order valence-corrected chi connectivity index (χ3v) is 7.16. The van der Waals surface area contributed by atoms with Gasteiger partial charge in [-0.3, -0.25) is 24.0 Å². The summed E-state index contributed by atoms with van der Waals surface area (Å²) in [5, 5.41) is 0. The van der Waals surface area contributed by atoms with Gasteiger partial charge in [0.25, 0.3) is 0 Å². The van der Waals surface area contributed by atoms with E-state index in [0.717, 1.165) is 103 Å². The van der Waals surface area contributed by atoms with Crippen LogP contribution in [0.5, 0.6) is 0 Å². The van der Waals surface area contributed by atoms with Gasteiger partial charge in [0.05, 0.1) is 45.4 Å². The fourth-order valence-corrected chi connectivity index (χ4v) is 4.58. The molecular formula is C34H56O11. The van der Waals surface area contributed by atoms with Gasteiger partial charge in [0.2, 0.25) is 0 Å². The standard InChI is InChI=1S/C34H56O11/c1-29-26-30(35)41-21-15-9-4-5-11-17-23-43-33(38)28-34(39)45-25-19-13-7-6-12-18-24-44-32(37)27-31(36)42-22-16-10-3-2-8-14-20-40-29/h1-28H2. The summed E-state index contributed by atoms with van der Waals surface area (Å²) in [5.74, 6) is -2.22. The van der Waals surface area contributed by atoms with E-state index in [1.165, 1.54) is 0 Å². The molecule has 1 saturated heterocycles. The first-order chi connectivity index (χ1) is 21.9. The van der Waals surface area contributed by atoms with Crippen LogP contribution in [0.15, 0.2) is 12.3 Å². The SMILES string of the molecule is C=C1CC(=O)OCCCCCCCCOC(=O)CC(=O)OCCCCCCCCOC(=O)CC(=O)OCCCCCCCCO1. The third kappa shape index (κ3) is 27.0.